The van der Waals surface area contributed by atoms with Crippen LogP contribution in [-0.2, 0) is 4.79 Å². The molecule has 2 aromatic rings. The van der Waals surface area contributed by atoms with Crippen LogP contribution in [0.1, 0.15) is 37.0 Å². The molecule has 2 amide bonds. The van der Waals surface area contributed by atoms with Gasteiger partial charge in [0.05, 0.1) is 11.7 Å². The van der Waals surface area contributed by atoms with Crippen LogP contribution in [-0.4, -0.2) is 46.0 Å². The number of H-pyrrole nitrogens is 1. The van der Waals surface area contributed by atoms with Crippen molar-refractivity contribution in [1.82, 2.24) is 20.4 Å². The molecule has 1 aliphatic heterocycles. The second kappa shape index (κ2) is 7.51. The standard InChI is InChI=1S/C19H24N4O2/c1-3-4-16-11-23(12-18(16)21-13(2)24)19(25)15-7-5-14(6-8-15)17-9-10-20-22-17/h5-10,16,18H,3-4,11-12H2,1-2H3,(H,20,22)(H,21,24)/t16-,18-/m1/s1. The molecule has 6 nitrogen and oxygen atoms in total. The summed E-state index contributed by atoms with van der Waals surface area (Å²) in [6.07, 6.45) is 3.75. The highest BCUT2D eigenvalue weighted by Crippen LogP contribution is 2.24. The van der Waals surface area contributed by atoms with Gasteiger partial charge in [0.25, 0.3) is 5.91 Å². The van der Waals surface area contributed by atoms with E-state index in [-0.39, 0.29) is 17.9 Å². The molecule has 3 rings (SSSR count). The highest BCUT2D eigenvalue weighted by Gasteiger charge is 2.35. The first-order valence-corrected chi connectivity index (χ1v) is 8.74. The van der Waals surface area contributed by atoms with E-state index in [4.69, 9.17) is 0 Å². The molecule has 1 saturated heterocycles. The van der Waals surface area contributed by atoms with E-state index in [1.165, 1.54) is 6.92 Å². The Labute approximate surface area is 147 Å². The summed E-state index contributed by atoms with van der Waals surface area (Å²) in [7, 11) is 0. The third kappa shape index (κ3) is 3.90. The first-order valence-electron chi connectivity index (χ1n) is 8.74. The molecule has 1 aromatic heterocycles. The number of nitrogens with zero attached hydrogens (tertiary/aromatic N) is 2. The zero-order valence-corrected chi connectivity index (χ0v) is 14.7. The Morgan fingerprint density at radius 1 is 1.24 bits per heavy atom. The fourth-order valence-corrected chi connectivity index (χ4v) is 3.52. The van der Waals surface area contributed by atoms with Crippen molar-refractivity contribution < 1.29 is 9.59 Å². The minimum absolute atomic E-state index is 0.0186. The molecule has 2 heterocycles. The van der Waals surface area contributed by atoms with Crippen LogP contribution in [0.3, 0.4) is 0 Å². The van der Waals surface area contributed by atoms with E-state index < -0.39 is 0 Å². The normalized spacial score (nSPS) is 19.8. The lowest BCUT2D eigenvalue weighted by atomic mass is 9.98. The summed E-state index contributed by atoms with van der Waals surface area (Å²) in [4.78, 5) is 26.1. The van der Waals surface area contributed by atoms with Gasteiger partial charge in [-0.1, -0.05) is 25.5 Å². The average Bonchev–Trinajstić information content (AvgIpc) is 3.25. The summed E-state index contributed by atoms with van der Waals surface area (Å²) in [5.41, 5.74) is 2.59. The zero-order chi connectivity index (χ0) is 17.8. The van der Waals surface area contributed by atoms with Crippen molar-refractivity contribution in [3.8, 4) is 11.3 Å². The Morgan fingerprint density at radius 3 is 2.60 bits per heavy atom. The van der Waals surface area contributed by atoms with Gasteiger partial charge in [-0.05, 0) is 36.1 Å². The highest BCUT2D eigenvalue weighted by molar-refractivity contribution is 5.95. The Morgan fingerprint density at radius 2 is 2.00 bits per heavy atom. The second-order valence-corrected chi connectivity index (χ2v) is 6.61. The van der Waals surface area contributed by atoms with Crippen LogP contribution in [0.5, 0.6) is 0 Å². The molecule has 0 saturated carbocycles. The largest absolute Gasteiger partial charge is 0.351 e. The molecule has 25 heavy (non-hydrogen) atoms. The second-order valence-electron chi connectivity index (χ2n) is 6.61. The van der Waals surface area contributed by atoms with Crippen molar-refractivity contribution in [2.45, 2.75) is 32.7 Å². The van der Waals surface area contributed by atoms with Crippen molar-refractivity contribution in [2.24, 2.45) is 5.92 Å². The fraction of sp³-hybridized carbons (Fsp3) is 0.421. The van der Waals surface area contributed by atoms with E-state index in [1.807, 2.05) is 35.2 Å². The quantitative estimate of drug-likeness (QED) is 0.877. The van der Waals surface area contributed by atoms with E-state index in [1.54, 1.807) is 6.20 Å². The number of hydrogen-bond donors (Lipinski definition) is 2. The Hall–Kier alpha value is -2.63. The summed E-state index contributed by atoms with van der Waals surface area (Å²) in [6.45, 7) is 4.93. The molecule has 132 valence electrons. The molecule has 6 heteroatoms. The van der Waals surface area contributed by atoms with Crippen LogP contribution in [0.25, 0.3) is 11.3 Å². The summed E-state index contributed by atoms with van der Waals surface area (Å²) < 4.78 is 0. The van der Waals surface area contributed by atoms with Gasteiger partial charge in [0.15, 0.2) is 0 Å². The maximum absolute atomic E-state index is 12.8. The lowest BCUT2D eigenvalue weighted by molar-refractivity contribution is -0.119. The zero-order valence-electron chi connectivity index (χ0n) is 14.7. The minimum atomic E-state index is -0.0377. The maximum Gasteiger partial charge on any atom is 0.253 e. The first kappa shape index (κ1) is 17.2. The maximum atomic E-state index is 12.8. The predicted molar refractivity (Wildman–Crippen MR) is 95.9 cm³/mol. The van der Waals surface area contributed by atoms with Gasteiger partial charge in [-0.25, -0.2) is 0 Å². The number of benzene rings is 1. The third-order valence-corrected chi connectivity index (χ3v) is 4.72. The minimum Gasteiger partial charge on any atom is -0.351 e. The summed E-state index contributed by atoms with van der Waals surface area (Å²) in [5, 5.41) is 9.85. The highest BCUT2D eigenvalue weighted by atomic mass is 16.2. The molecule has 0 bridgehead atoms. The van der Waals surface area contributed by atoms with E-state index in [0.29, 0.717) is 24.6 Å². The fourth-order valence-electron chi connectivity index (χ4n) is 3.52. The van der Waals surface area contributed by atoms with E-state index in [2.05, 4.69) is 22.4 Å². The monoisotopic (exact) mass is 340 g/mol. The molecular weight excluding hydrogens is 316 g/mol. The van der Waals surface area contributed by atoms with Gasteiger partial charge in [-0.3, -0.25) is 14.7 Å². The van der Waals surface area contributed by atoms with Gasteiger partial charge in [0, 0.05) is 31.8 Å². The molecule has 0 spiro atoms. The van der Waals surface area contributed by atoms with Crippen LogP contribution in [0.2, 0.25) is 0 Å². The van der Waals surface area contributed by atoms with Gasteiger partial charge in [0.1, 0.15) is 0 Å². The van der Waals surface area contributed by atoms with Crippen molar-refractivity contribution in [1.29, 1.82) is 0 Å². The average molecular weight is 340 g/mol. The number of likely N-dealkylation sites (tertiary alicyclic amines) is 1. The summed E-state index contributed by atoms with van der Waals surface area (Å²) >= 11 is 0. The molecule has 0 radical (unpaired) electrons. The Kier molecular flexibility index (Phi) is 5.16. The van der Waals surface area contributed by atoms with Crippen molar-refractivity contribution in [3.05, 3.63) is 42.1 Å². The van der Waals surface area contributed by atoms with Crippen molar-refractivity contribution in [2.75, 3.05) is 13.1 Å². The van der Waals surface area contributed by atoms with Crippen molar-refractivity contribution in [3.63, 3.8) is 0 Å². The third-order valence-electron chi connectivity index (χ3n) is 4.72. The van der Waals surface area contributed by atoms with Gasteiger partial charge < -0.3 is 10.2 Å². The molecule has 0 aliphatic carbocycles. The van der Waals surface area contributed by atoms with Crippen LogP contribution >= 0.6 is 0 Å². The van der Waals surface area contributed by atoms with Crippen LogP contribution in [0.4, 0.5) is 0 Å². The van der Waals surface area contributed by atoms with Crippen LogP contribution in [0.15, 0.2) is 36.5 Å². The van der Waals surface area contributed by atoms with Crippen LogP contribution < -0.4 is 5.32 Å². The lowest BCUT2D eigenvalue weighted by Crippen LogP contribution is -2.39. The summed E-state index contributed by atoms with van der Waals surface area (Å²) in [6, 6.07) is 9.48. The van der Waals surface area contributed by atoms with Gasteiger partial charge in [-0.2, -0.15) is 5.10 Å². The number of rotatable bonds is 5. The van der Waals surface area contributed by atoms with Crippen LogP contribution in [0, 0.1) is 5.92 Å². The molecule has 1 fully saturated rings. The van der Waals surface area contributed by atoms with Gasteiger partial charge in [-0.15, -0.1) is 0 Å². The smallest absolute Gasteiger partial charge is 0.253 e. The molecule has 0 unspecified atom stereocenters. The SMILES string of the molecule is CCC[C@@H]1CN(C(=O)c2ccc(-c3ccn[nH]3)cc2)C[C@H]1NC(C)=O. The molecule has 2 atom stereocenters. The van der Waals surface area contributed by atoms with Gasteiger partial charge in [0.2, 0.25) is 5.91 Å². The van der Waals surface area contributed by atoms with E-state index in [9.17, 15) is 9.59 Å². The number of hydrogen-bond acceptors (Lipinski definition) is 3. The van der Waals surface area contributed by atoms with E-state index >= 15 is 0 Å². The Balaban J connectivity index is 1.71. The number of aromatic nitrogens is 2. The molecule has 2 N–H and O–H groups in total. The number of carbonyl (C=O) groups excluding carboxylic acids is 2. The molecular formula is C19H24N4O2. The topological polar surface area (TPSA) is 78.1 Å². The molecule has 1 aromatic carbocycles. The number of aromatic amines is 1. The van der Waals surface area contributed by atoms with Gasteiger partial charge >= 0.3 is 0 Å². The molecule has 1 aliphatic rings. The predicted octanol–water partition coefficient (Wildman–Crippen LogP) is 2.45. The first-order chi connectivity index (χ1) is 12.1. The number of amides is 2. The Bertz CT molecular complexity index is 724. The number of nitrogens with one attached hydrogen (secondary N) is 2. The van der Waals surface area contributed by atoms with Crippen molar-refractivity contribution >= 4 is 11.8 Å². The van der Waals surface area contributed by atoms with E-state index in [0.717, 1.165) is 24.1 Å². The number of carbonyl (C=O) groups is 2. The summed E-state index contributed by atoms with van der Waals surface area (Å²) in [5.74, 6) is 0.302. The lowest BCUT2D eigenvalue weighted by Gasteiger charge is -2.17.